The number of sulfonamides is 1. The largest absolute Gasteiger partial charge is 0.303 e. The van der Waals surface area contributed by atoms with Gasteiger partial charge in [-0.3, -0.25) is 5.10 Å². The van der Waals surface area contributed by atoms with Crippen LogP contribution in [0.4, 0.5) is 0 Å². The molecule has 0 saturated carbocycles. The van der Waals surface area contributed by atoms with E-state index < -0.39 is 10.0 Å². The quantitative estimate of drug-likeness (QED) is 0.859. The van der Waals surface area contributed by atoms with Crippen LogP contribution in [-0.4, -0.2) is 60.5 Å². The van der Waals surface area contributed by atoms with Crippen LogP contribution in [0.5, 0.6) is 0 Å². The van der Waals surface area contributed by atoms with Crippen LogP contribution >= 0.6 is 0 Å². The zero-order valence-electron chi connectivity index (χ0n) is 11.1. The van der Waals surface area contributed by atoms with Crippen molar-refractivity contribution >= 4 is 10.0 Å². The van der Waals surface area contributed by atoms with E-state index in [0.717, 1.165) is 25.8 Å². The lowest BCUT2D eigenvalue weighted by atomic mass is 9.85. The highest BCUT2D eigenvalue weighted by atomic mass is 32.2. The highest BCUT2D eigenvalue weighted by Crippen LogP contribution is 2.31. The highest BCUT2D eigenvalue weighted by molar-refractivity contribution is 7.89. The molecule has 3 rings (SSSR count). The summed E-state index contributed by atoms with van der Waals surface area (Å²) < 4.78 is 26.5. The standard InChI is InChI=1S/C12H20N4O2S/c1-15-7-2-3-10-9-16(8-5-11(10)15)19(17,18)12-4-6-13-14-12/h4,6,10-11H,2-3,5,7-9H2,1H3,(H,13,14). The fraction of sp³-hybridized carbons (Fsp3) is 0.750. The van der Waals surface area contributed by atoms with E-state index in [0.29, 0.717) is 25.0 Å². The molecule has 6 nitrogen and oxygen atoms in total. The van der Waals surface area contributed by atoms with Crippen molar-refractivity contribution in [1.82, 2.24) is 19.4 Å². The average molecular weight is 284 g/mol. The minimum Gasteiger partial charge on any atom is -0.303 e. The molecule has 2 saturated heterocycles. The van der Waals surface area contributed by atoms with Crippen molar-refractivity contribution in [1.29, 1.82) is 0 Å². The van der Waals surface area contributed by atoms with Crippen LogP contribution in [0.15, 0.2) is 17.3 Å². The molecule has 1 aromatic rings. The summed E-state index contributed by atoms with van der Waals surface area (Å²) in [6, 6.07) is 2.07. The molecule has 2 unspecified atom stereocenters. The Kier molecular flexibility index (Phi) is 3.36. The maximum absolute atomic E-state index is 12.4. The molecule has 0 amide bonds. The molecule has 0 spiro atoms. The second-order valence-electron chi connectivity index (χ2n) is 5.52. The minimum atomic E-state index is -3.39. The first-order valence-electron chi connectivity index (χ1n) is 6.79. The maximum atomic E-state index is 12.4. The summed E-state index contributed by atoms with van der Waals surface area (Å²) in [6.07, 6.45) is 4.70. The first kappa shape index (κ1) is 13.1. The third-order valence-corrected chi connectivity index (χ3v) is 6.20. The van der Waals surface area contributed by atoms with E-state index in [9.17, 15) is 8.42 Å². The molecule has 2 fully saturated rings. The Labute approximate surface area is 113 Å². The van der Waals surface area contributed by atoms with Crippen LogP contribution < -0.4 is 0 Å². The first-order chi connectivity index (χ1) is 9.09. The summed E-state index contributed by atoms with van der Waals surface area (Å²) in [5, 5.41) is 6.51. The van der Waals surface area contributed by atoms with Gasteiger partial charge in [-0.2, -0.15) is 9.40 Å². The van der Waals surface area contributed by atoms with Gasteiger partial charge in [0.15, 0.2) is 5.03 Å². The van der Waals surface area contributed by atoms with Crippen LogP contribution in [0.3, 0.4) is 0 Å². The van der Waals surface area contributed by atoms with E-state index in [2.05, 4.69) is 22.1 Å². The van der Waals surface area contributed by atoms with Gasteiger partial charge in [-0.1, -0.05) is 0 Å². The SMILES string of the molecule is CN1CCCC2CN(S(=O)(=O)c3ccn[nH]3)CCC21. The molecule has 0 aliphatic carbocycles. The fourth-order valence-corrected chi connectivity index (χ4v) is 4.78. The summed E-state index contributed by atoms with van der Waals surface area (Å²) in [4.78, 5) is 2.38. The number of fused-ring (bicyclic) bond motifs is 1. The Morgan fingerprint density at radius 3 is 2.95 bits per heavy atom. The van der Waals surface area contributed by atoms with Crippen molar-refractivity contribution in [2.24, 2.45) is 5.92 Å². The van der Waals surface area contributed by atoms with Gasteiger partial charge in [-0.05, 0) is 44.8 Å². The molecule has 1 aromatic heterocycles. The summed E-state index contributed by atoms with van der Waals surface area (Å²) in [7, 11) is -1.24. The normalized spacial score (nSPS) is 30.2. The Hall–Kier alpha value is -0.920. The number of aromatic nitrogens is 2. The zero-order valence-corrected chi connectivity index (χ0v) is 11.9. The van der Waals surface area contributed by atoms with Crippen LogP contribution in [0.25, 0.3) is 0 Å². The molecule has 106 valence electrons. The number of H-pyrrole nitrogens is 1. The number of hydrogen-bond acceptors (Lipinski definition) is 4. The number of hydrogen-bond donors (Lipinski definition) is 1. The molecular weight excluding hydrogens is 264 g/mol. The first-order valence-corrected chi connectivity index (χ1v) is 8.23. The van der Waals surface area contributed by atoms with Gasteiger partial charge in [-0.15, -0.1) is 0 Å². The number of aromatic amines is 1. The van der Waals surface area contributed by atoms with Crippen molar-refractivity contribution in [3.63, 3.8) is 0 Å². The molecule has 2 aliphatic heterocycles. The zero-order chi connectivity index (χ0) is 13.5. The van der Waals surface area contributed by atoms with Gasteiger partial charge in [0.05, 0.1) is 6.20 Å². The molecule has 0 aromatic carbocycles. The smallest absolute Gasteiger partial charge is 0.259 e. The Morgan fingerprint density at radius 1 is 1.37 bits per heavy atom. The van der Waals surface area contributed by atoms with Crippen LogP contribution in [0.2, 0.25) is 0 Å². The molecule has 0 radical (unpaired) electrons. The predicted molar refractivity (Wildman–Crippen MR) is 71.1 cm³/mol. The molecule has 3 heterocycles. The van der Waals surface area contributed by atoms with Gasteiger partial charge in [0.25, 0.3) is 10.0 Å². The van der Waals surface area contributed by atoms with Gasteiger partial charge in [0.1, 0.15) is 0 Å². The monoisotopic (exact) mass is 284 g/mol. The van der Waals surface area contributed by atoms with E-state index in [1.165, 1.54) is 12.3 Å². The lowest BCUT2D eigenvalue weighted by Gasteiger charge is -2.45. The molecule has 7 heteroatoms. The number of piperidine rings is 2. The Morgan fingerprint density at radius 2 is 2.21 bits per heavy atom. The third-order valence-electron chi connectivity index (χ3n) is 4.40. The van der Waals surface area contributed by atoms with Crippen LogP contribution in [0, 0.1) is 5.92 Å². The fourth-order valence-electron chi connectivity index (χ4n) is 3.36. The molecule has 0 bridgehead atoms. The van der Waals surface area contributed by atoms with E-state index >= 15 is 0 Å². The summed E-state index contributed by atoms with van der Waals surface area (Å²) in [6.45, 7) is 2.37. The third kappa shape index (κ3) is 2.30. The number of rotatable bonds is 2. The van der Waals surface area contributed by atoms with Gasteiger partial charge < -0.3 is 4.90 Å². The van der Waals surface area contributed by atoms with E-state index in [1.807, 2.05) is 0 Å². The average Bonchev–Trinajstić information content (AvgIpc) is 2.93. The van der Waals surface area contributed by atoms with Crippen LogP contribution in [0.1, 0.15) is 19.3 Å². The Bertz CT molecular complexity index is 528. The summed E-state index contributed by atoms with van der Waals surface area (Å²) >= 11 is 0. The van der Waals surface area contributed by atoms with Gasteiger partial charge in [0, 0.05) is 19.1 Å². The molecule has 1 N–H and O–H groups in total. The van der Waals surface area contributed by atoms with Crippen LogP contribution in [-0.2, 0) is 10.0 Å². The minimum absolute atomic E-state index is 0.204. The van der Waals surface area contributed by atoms with Crippen molar-refractivity contribution < 1.29 is 8.42 Å². The van der Waals surface area contributed by atoms with Gasteiger partial charge >= 0.3 is 0 Å². The van der Waals surface area contributed by atoms with Crippen molar-refractivity contribution in [3.05, 3.63) is 12.3 Å². The Balaban J connectivity index is 1.78. The topological polar surface area (TPSA) is 69.3 Å². The van der Waals surface area contributed by atoms with Crippen molar-refractivity contribution in [3.8, 4) is 0 Å². The number of nitrogens with zero attached hydrogens (tertiary/aromatic N) is 3. The molecule has 19 heavy (non-hydrogen) atoms. The summed E-state index contributed by atoms with van der Waals surface area (Å²) in [5.74, 6) is 0.463. The number of likely N-dealkylation sites (tertiary alicyclic amines) is 1. The molecular formula is C12H20N4O2S. The second-order valence-corrected chi connectivity index (χ2v) is 7.43. The molecule has 2 atom stereocenters. The van der Waals surface area contributed by atoms with E-state index in [-0.39, 0.29) is 5.03 Å². The highest BCUT2D eigenvalue weighted by Gasteiger charge is 2.38. The second kappa shape index (κ2) is 4.88. The van der Waals surface area contributed by atoms with E-state index in [4.69, 9.17) is 0 Å². The lowest BCUT2D eigenvalue weighted by Crippen LogP contribution is -2.53. The van der Waals surface area contributed by atoms with E-state index in [1.54, 1.807) is 4.31 Å². The number of nitrogens with one attached hydrogen (secondary N) is 1. The predicted octanol–water partition coefficient (Wildman–Crippen LogP) is 0.515. The summed E-state index contributed by atoms with van der Waals surface area (Å²) in [5.41, 5.74) is 0. The van der Waals surface area contributed by atoms with Gasteiger partial charge in [0.2, 0.25) is 0 Å². The maximum Gasteiger partial charge on any atom is 0.259 e. The van der Waals surface area contributed by atoms with Gasteiger partial charge in [-0.25, -0.2) is 8.42 Å². The van der Waals surface area contributed by atoms with Crippen molar-refractivity contribution in [2.75, 3.05) is 26.7 Å². The lowest BCUT2D eigenvalue weighted by molar-refractivity contribution is 0.0670. The van der Waals surface area contributed by atoms with Crippen molar-refractivity contribution in [2.45, 2.75) is 30.3 Å². The molecule has 2 aliphatic rings.